The Kier molecular flexibility index (Phi) is 5.14. The van der Waals surface area contributed by atoms with Crippen LogP contribution >= 0.6 is 11.6 Å². The Hall–Kier alpha value is -1.16. The summed E-state index contributed by atoms with van der Waals surface area (Å²) < 4.78 is 12.3. The highest BCUT2D eigenvalue weighted by Gasteiger charge is 2.14. The first-order valence-electron chi connectivity index (χ1n) is 6.09. The molecule has 0 heterocycles. The van der Waals surface area contributed by atoms with Crippen LogP contribution in [0.1, 0.15) is 11.5 Å². The fraction of sp³-hybridized carbons (Fsp3) is 0.200. The van der Waals surface area contributed by atoms with Gasteiger partial charge in [0.2, 0.25) is 0 Å². The molecule has 2 N–H and O–H groups in total. The van der Waals surface area contributed by atoms with Crippen LogP contribution in [0, 0.1) is 0 Å². The third-order valence-electron chi connectivity index (χ3n) is 2.97. The van der Waals surface area contributed by atoms with Gasteiger partial charge in [-0.05, 0) is 23.8 Å². The summed E-state index contributed by atoms with van der Waals surface area (Å²) in [7, 11) is -1.09. The minimum atomic E-state index is -1.09. The highest BCUT2D eigenvalue weighted by molar-refractivity contribution is 7.85. The minimum Gasteiger partial charge on any atom is -0.330 e. The second-order valence-corrected chi connectivity index (χ2v) is 6.25. The maximum Gasteiger partial charge on any atom is 0.0536 e. The molecule has 100 valence electrons. The van der Waals surface area contributed by atoms with E-state index in [9.17, 15) is 4.21 Å². The molecule has 2 aromatic rings. The highest BCUT2D eigenvalue weighted by atomic mass is 35.5. The molecule has 0 aliphatic carbocycles. The highest BCUT2D eigenvalue weighted by Crippen LogP contribution is 2.20. The van der Waals surface area contributed by atoms with Gasteiger partial charge < -0.3 is 5.73 Å². The van der Waals surface area contributed by atoms with Gasteiger partial charge in [0.1, 0.15) is 0 Å². The lowest BCUT2D eigenvalue weighted by molar-refractivity contribution is 0.672. The Morgan fingerprint density at radius 2 is 1.84 bits per heavy atom. The molecule has 4 heteroatoms. The summed E-state index contributed by atoms with van der Waals surface area (Å²) in [5.41, 5.74) is 6.93. The monoisotopic (exact) mass is 293 g/mol. The first-order valence-corrected chi connectivity index (χ1v) is 7.79. The first kappa shape index (κ1) is 14.3. The van der Waals surface area contributed by atoms with E-state index in [1.165, 1.54) is 0 Å². The number of rotatable bonds is 5. The van der Waals surface area contributed by atoms with E-state index in [-0.39, 0.29) is 5.92 Å². The van der Waals surface area contributed by atoms with Gasteiger partial charge in [0.15, 0.2) is 0 Å². The van der Waals surface area contributed by atoms with Crippen LogP contribution in [-0.4, -0.2) is 16.5 Å². The average molecular weight is 294 g/mol. The Bertz CT molecular complexity index is 559. The van der Waals surface area contributed by atoms with Crippen LogP contribution < -0.4 is 5.73 Å². The molecule has 0 saturated carbocycles. The van der Waals surface area contributed by atoms with Gasteiger partial charge in [-0.2, -0.15) is 0 Å². The van der Waals surface area contributed by atoms with Crippen molar-refractivity contribution >= 4 is 22.4 Å². The van der Waals surface area contributed by atoms with E-state index < -0.39 is 10.8 Å². The summed E-state index contributed by atoms with van der Waals surface area (Å²) in [6.07, 6.45) is 0. The largest absolute Gasteiger partial charge is 0.330 e. The van der Waals surface area contributed by atoms with Crippen LogP contribution in [0.4, 0.5) is 0 Å². The molecule has 0 aliphatic rings. The van der Waals surface area contributed by atoms with Gasteiger partial charge in [0.05, 0.1) is 10.8 Å². The fourth-order valence-corrected chi connectivity index (χ4v) is 3.54. The second kappa shape index (κ2) is 6.85. The summed E-state index contributed by atoms with van der Waals surface area (Å²) >= 11 is 5.92. The molecule has 0 aliphatic heterocycles. The van der Waals surface area contributed by atoms with Crippen molar-refractivity contribution in [3.63, 3.8) is 0 Å². The van der Waals surface area contributed by atoms with Gasteiger partial charge in [-0.25, -0.2) is 0 Å². The molecule has 0 saturated heterocycles. The Balaban J connectivity index is 2.13. The van der Waals surface area contributed by atoms with E-state index in [1.54, 1.807) is 12.1 Å². The van der Waals surface area contributed by atoms with Crippen molar-refractivity contribution in [2.45, 2.75) is 10.8 Å². The molecule has 2 aromatic carbocycles. The van der Waals surface area contributed by atoms with Crippen molar-refractivity contribution in [2.75, 3.05) is 12.3 Å². The molecule has 0 amide bonds. The number of hydrogen-bond acceptors (Lipinski definition) is 2. The Morgan fingerprint density at radius 1 is 1.11 bits per heavy atom. The van der Waals surface area contributed by atoms with Crippen molar-refractivity contribution in [2.24, 2.45) is 5.73 Å². The first-order chi connectivity index (χ1) is 9.20. The van der Waals surface area contributed by atoms with Crippen LogP contribution in [0.3, 0.4) is 0 Å². The van der Waals surface area contributed by atoms with Gasteiger partial charge in [0.25, 0.3) is 0 Å². The number of halogens is 1. The predicted molar refractivity (Wildman–Crippen MR) is 81.0 cm³/mol. The van der Waals surface area contributed by atoms with E-state index in [0.29, 0.717) is 17.3 Å². The summed E-state index contributed by atoms with van der Waals surface area (Å²) in [6.45, 7) is 0.482. The van der Waals surface area contributed by atoms with Crippen molar-refractivity contribution in [1.29, 1.82) is 0 Å². The van der Waals surface area contributed by atoms with Crippen molar-refractivity contribution in [3.05, 3.63) is 65.2 Å². The van der Waals surface area contributed by atoms with Gasteiger partial charge in [0, 0.05) is 28.1 Å². The molecule has 0 spiro atoms. The maximum absolute atomic E-state index is 12.3. The molecule has 0 radical (unpaired) electrons. The van der Waals surface area contributed by atoms with Crippen molar-refractivity contribution in [3.8, 4) is 0 Å². The summed E-state index contributed by atoms with van der Waals surface area (Å²) in [4.78, 5) is 0.752. The molecule has 2 atom stereocenters. The number of nitrogens with two attached hydrogens (primary N) is 1. The lowest BCUT2D eigenvalue weighted by Crippen LogP contribution is -2.19. The number of benzene rings is 2. The van der Waals surface area contributed by atoms with Crippen LogP contribution in [0.25, 0.3) is 0 Å². The van der Waals surface area contributed by atoms with Crippen LogP contribution in [0.2, 0.25) is 5.02 Å². The van der Waals surface area contributed by atoms with Crippen molar-refractivity contribution < 1.29 is 4.21 Å². The van der Waals surface area contributed by atoms with Gasteiger partial charge >= 0.3 is 0 Å². The van der Waals surface area contributed by atoms with Gasteiger partial charge in [-0.1, -0.05) is 48.0 Å². The SMILES string of the molecule is NCC(CS(=O)c1cccc(Cl)c1)c1ccccc1. The summed E-state index contributed by atoms with van der Waals surface area (Å²) in [5.74, 6) is 0.613. The standard InChI is InChI=1S/C15H16ClNOS/c16-14-7-4-8-15(9-14)19(18)11-13(10-17)12-5-2-1-3-6-12/h1-9,13H,10-11,17H2. The quantitative estimate of drug-likeness (QED) is 0.920. The third-order valence-corrected chi connectivity index (χ3v) is 4.69. The zero-order valence-corrected chi connectivity index (χ0v) is 12.0. The summed E-state index contributed by atoms with van der Waals surface area (Å²) in [5, 5.41) is 0.606. The molecular formula is C15H16ClNOS. The van der Waals surface area contributed by atoms with E-state index in [0.717, 1.165) is 10.5 Å². The molecule has 0 fully saturated rings. The van der Waals surface area contributed by atoms with E-state index in [1.807, 2.05) is 42.5 Å². The molecular weight excluding hydrogens is 278 g/mol. The van der Waals surface area contributed by atoms with Crippen LogP contribution in [0.15, 0.2) is 59.5 Å². The Morgan fingerprint density at radius 3 is 2.47 bits per heavy atom. The van der Waals surface area contributed by atoms with Crippen LogP contribution in [-0.2, 0) is 10.8 Å². The van der Waals surface area contributed by atoms with Crippen LogP contribution in [0.5, 0.6) is 0 Å². The molecule has 0 aromatic heterocycles. The maximum atomic E-state index is 12.3. The Labute approximate surface area is 121 Å². The lowest BCUT2D eigenvalue weighted by atomic mass is 10.0. The van der Waals surface area contributed by atoms with Crippen molar-refractivity contribution in [1.82, 2.24) is 0 Å². The van der Waals surface area contributed by atoms with E-state index in [2.05, 4.69) is 0 Å². The third kappa shape index (κ3) is 3.90. The second-order valence-electron chi connectivity index (χ2n) is 4.31. The molecule has 2 unspecified atom stereocenters. The summed E-state index contributed by atoms with van der Waals surface area (Å²) in [6, 6.07) is 17.1. The topological polar surface area (TPSA) is 43.1 Å². The molecule has 2 nitrogen and oxygen atoms in total. The molecule has 19 heavy (non-hydrogen) atoms. The minimum absolute atomic E-state index is 0.0982. The predicted octanol–water partition coefficient (Wildman–Crippen LogP) is 3.19. The smallest absolute Gasteiger partial charge is 0.0536 e. The molecule has 2 rings (SSSR count). The lowest BCUT2D eigenvalue weighted by Gasteiger charge is -2.14. The zero-order valence-electron chi connectivity index (χ0n) is 10.5. The average Bonchev–Trinajstić information content (AvgIpc) is 2.45. The fourth-order valence-electron chi connectivity index (χ4n) is 1.91. The van der Waals surface area contributed by atoms with Gasteiger partial charge in [-0.3, -0.25) is 4.21 Å². The normalized spacial score (nSPS) is 14.0. The van der Waals surface area contributed by atoms with E-state index >= 15 is 0 Å². The zero-order chi connectivity index (χ0) is 13.7. The van der Waals surface area contributed by atoms with E-state index in [4.69, 9.17) is 17.3 Å². The molecule has 0 bridgehead atoms. The number of hydrogen-bond donors (Lipinski definition) is 1. The van der Waals surface area contributed by atoms with Gasteiger partial charge in [-0.15, -0.1) is 0 Å².